The molecule has 2 heterocycles. The van der Waals surface area contributed by atoms with Gasteiger partial charge in [-0.05, 0) is 47.5 Å². The van der Waals surface area contributed by atoms with E-state index >= 15 is 0 Å². The predicted octanol–water partition coefficient (Wildman–Crippen LogP) is 6.05. The molecule has 0 atom stereocenters. The SMILES string of the molecule is c1ccc(-c2cccc(-c3ccc4[nH]c5ccccc5c4c3)c2)nc1. The molecule has 118 valence electrons. The molecule has 0 aliphatic rings. The first-order valence-corrected chi connectivity index (χ1v) is 8.41. The Labute approximate surface area is 145 Å². The number of pyridine rings is 1. The van der Waals surface area contributed by atoms with Gasteiger partial charge >= 0.3 is 0 Å². The number of fused-ring (bicyclic) bond motifs is 3. The van der Waals surface area contributed by atoms with Gasteiger partial charge in [0.25, 0.3) is 0 Å². The summed E-state index contributed by atoms with van der Waals surface area (Å²) in [6.45, 7) is 0. The van der Waals surface area contributed by atoms with Gasteiger partial charge in [0.05, 0.1) is 5.69 Å². The van der Waals surface area contributed by atoms with E-state index < -0.39 is 0 Å². The minimum absolute atomic E-state index is 0.998. The van der Waals surface area contributed by atoms with Crippen molar-refractivity contribution in [2.24, 2.45) is 0 Å². The first kappa shape index (κ1) is 14.0. The van der Waals surface area contributed by atoms with E-state index in [9.17, 15) is 0 Å². The molecule has 3 aromatic carbocycles. The van der Waals surface area contributed by atoms with Crippen LogP contribution in [0, 0.1) is 0 Å². The standard InChI is InChI=1S/C23H16N2/c1-2-10-22-19(8-1)20-15-17(11-12-23(20)25-22)16-6-5-7-18(14-16)21-9-3-4-13-24-21/h1-15,25H. The molecule has 5 rings (SSSR count). The van der Waals surface area contributed by atoms with Crippen LogP contribution in [0.25, 0.3) is 44.2 Å². The molecule has 25 heavy (non-hydrogen) atoms. The summed E-state index contributed by atoms with van der Waals surface area (Å²) in [5.41, 5.74) is 6.91. The molecule has 5 aromatic rings. The third-order valence-corrected chi connectivity index (χ3v) is 4.66. The number of hydrogen-bond acceptors (Lipinski definition) is 1. The first-order chi connectivity index (χ1) is 12.4. The molecular weight excluding hydrogens is 304 g/mol. The Morgan fingerprint density at radius 1 is 0.560 bits per heavy atom. The molecule has 1 N–H and O–H groups in total. The van der Waals surface area contributed by atoms with E-state index in [1.54, 1.807) is 0 Å². The fourth-order valence-corrected chi connectivity index (χ4v) is 3.42. The summed E-state index contributed by atoms with van der Waals surface area (Å²) in [5, 5.41) is 2.52. The molecule has 2 heteroatoms. The van der Waals surface area contributed by atoms with Crippen LogP contribution in [0.2, 0.25) is 0 Å². The van der Waals surface area contributed by atoms with Crippen molar-refractivity contribution in [2.75, 3.05) is 0 Å². The number of aromatic amines is 1. The highest BCUT2D eigenvalue weighted by atomic mass is 14.7. The van der Waals surface area contributed by atoms with E-state index in [1.807, 2.05) is 24.4 Å². The van der Waals surface area contributed by atoms with Crippen molar-refractivity contribution < 1.29 is 0 Å². The zero-order valence-corrected chi connectivity index (χ0v) is 13.6. The molecular formula is C23H16N2. The van der Waals surface area contributed by atoms with Gasteiger partial charge in [-0.3, -0.25) is 4.98 Å². The Balaban J connectivity index is 1.67. The largest absolute Gasteiger partial charge is 0.355 e. The normalized spacial score (nSPS) is 11.2. The van der Waals surface area contributed by atoms with Crippen molar-refractivity contribution in [1.29, 1.82) is 0 Å². The first-order valence-electron chi connectivity index (χ1n) is 8.41. The molecule has 0 unspecified atom stereocenters. The van der Waals surface area contributed by atoms with Crippen LogP contribution < -0.4 is 0 Å². The number of para-hydroxylation sites is 1. The Bertz CT molecular complexity index is 1190. The molecule has 0 radical (unpaired) electrons. The molecule has 0 saturated heterocycles. The summed E-state index contributed by atoms with van der Waals surface area (Å²) in [6, 6.07) is 29.6. The lowest BCUT2D eigenvalue weighted by Crippen LogP contribution is -1.84. The van der Waals surface area contributed by atoms with Gasteiger partial charge in [-0.15, -0.1) is 0 Å². The highest BCUT2D eigenvalue weighted by Crippen LogP contribution is 2.31. The number of aromatic nitrogens is 2. The lowest BCUT2D eigenvalue weighted by molar-refractivity contribution is 1.33. The van der Waals surface area contributed by atoms with E-state index in [-0.39, 0.29) is 0 Å². The third kappa shape index (κ3) is 2.39. The number of nitrogens with zero attached hydrogens (tertiary/aromatic N) is 1. The Morgan fingerprint density at radius 3 is 2.28 bits per heavy atom. The van der Waals surface area contributed by atoms with E-state index in [1.165, 1.54) is 32.9 Å². The van der Waals surface area contributed by atoms with Crippen molar-refractivity contribution in [3.05, 3.63) is 91.1 Å². The summed E-state index contributed by atoms with van der Waals surface area (Å²) in [7, 11) is 0. The van der Waals surface area contributed by atoms with Gasteiger partial charge in [0.15, 0.2) is 0 Å². The third-order valence-electron chi connectivity index (χ3n) is 4.66. The lowest BCUT2D eigenvalue weighted by atomic mass is 9.99. The van der Waals surface area contributed by atoms with Gasteiger partial charge in [-0.1, -0.05) is 48.5 Å². The number of benzene rings is 3. The van der Waals surface area contributed by atoms with Crippen molar-refractivity contribution in [3.8, 4) is 22.4 Å². The molecule has 2 nitrogen and oxygen atoms in total. The van der Waals surface area contributed by atoms with Crippen LogP contribution >= 0.6 is 0 Å². The smallest absolute Gasteiger partial charge is 0.0702 e. The Hall–Kier alpha value is -3.39. The minimum Gasteiger partial charge on any atom is -0.355 e. The molecule has 2 aromatic heterocycles. The van der Waals surface area contributed by atoms with Crippen LogP contribution in [0.4, 0.5) is 0 Å². The minimum atomic E-state index is 0.998. The average molecular weight is 320 g/mol. The second-order valence-electron chi connectivity index (χ2n) is 6.23. The molecule has 0 saturated carbocycles. The maximum Gasteiger partial charge on any atom is 0.0702 e. The van der Waals surface area contributed by atoms with E-state index in [2.05, 4.69) is 76.7 Å². The van der Waals surface area contributed by atoms with Crippen LogP contribution in [0.3, 0.4) is 0 Å². The van der Waals surface area contributed by atoms with Crippen molar-refractivity contribution in [1.82, 2.24) is 9.97 Å². The quantitative estimate of drug-likeness (QED) is 0.421. The predicted molar refractivity (Wildman–Crippen MR) is 104 cm³/mol. The molecule has 0 aliphatic carbocycles. The number of H-pyrrole nitrogens is 1. The van der Waals surface area contributed by atoms with Crippen LogP contribution in [-0.2, 0) is 0 Å². The summed E-state index contributed by atoms with van der Waals surface area (Å²) >= 11 is 0. The van der Waals surface area contributed by atoms with E-state index in [0.717, 1.165) is 11.3 Å². The van der Waals surface area contributed by atoms with Crippen LogP contribution in [0.15, 0.2) is 91.1 Å². The monoisotopic (exact) mass is 320 g/mol. The van der Waals surface area contributed by atoms with Gasteiger partial charge < -0.3 is 4.98 Å². The van der Waals surface area contributed by atoms with Crippen LogP contribution in [0.5, 0.6) is 0 Å². The van der Waals surface area contributed by atoms with Gasteiger partial charge in [0.1, 0.15) is 0 Å². The second-order valence-corrected chi connectivity index (χ2v) is 6.23. The summed E-state index contributed by atoms with van der Waals surface area (Å²) in [6.07, 6.45) is 1.83. The fraction of sp³-hybridized carbons (Fsp3) is 0. The lowest BCUT2D eigenvalue weighted by Gasteiger charge is -2.06. The van der Waals surface area contributed by atoms with Crippen molar-refractivity contribution in [3.63, 3.8) is 0 Å². The number of nitrogens with one attached hydrogen (secondary N) is 1. The van der Waals surface area contributed by atoms with Gasteiger partial charge in [-0.2, -0.15) is 0 Å². The number of hydrogen-bond donors (Lipinski definition) is 1. The average Bonchev–Trinajstić information content (AvgIpc) is 3.07. The molecule has 0 bridgehead atoms. The van der Waals surface area contributed by atoms with Gasteiger partial charge in [-0.25, -0.2) is 0 Å². The molecule has 0 amide bonds. The maximum absolute atomic E-state index is 4.46. The highest BCUT2D eigenvalue weighted by molar-refractivity contribution is 6.08. The van der Waals surface area contributed by atoms with Gasteiger partial charge in [0.2, 0.25) is 0 Å². The van der Waals surface area contributed by atoms with E-state index in [0.29, 0.717) is 0 Å². The van der Waals surface area contributed by atoms with Crippen molar-refractivity contribution >= 4 is 21.8 Å². The highest BCUT2D eigenvalue weighted by Gasteiger charge is 2.07. The van der Waals surface area contributed by atoms with E-state index in [4.69, 9.17) is 0 Å². The summed E-state index contributed by atoms with van der Waals surface area (Å²) < 4.78 is 0. The zero-order chi connectivity index (χ0) is 16.6. The topological polar surface area (TPSA) is 28.7 Å². The number of rotatable bonds is 2. The van der Waals surface area contributed by atoms with Crippen molar-refractivity contribution in [2.45, 2.75) is 0 Å². The Morgan fingerprint density at radius 2 is 1.36 bits per heavy atom. The maximum atomic E-state index is 4.46. The molecule has 0 spiro atoms. The molecule has 0 fully saturated rings. The summed E-state index contributed by atoms with van der Waals surface area (Å²) in [5.74, 6) is 0. The molecule has 0 aliphatic heterocycles. The van der Waals surface area contributed by atoms with Crippen LogP contribution in [0.1, 0.15) is 0 Å². The Kier molecular flexibility index (Phi) is 3.14. The zero-order valence-electron chi connectivity index (χ0n) is 13.6. The fourth-order valence-electron chi connectivity index (χ4n) is 3.42. The second kappa shape index (κ2) is 5.60. The summed E-state index contributed by atoms with van der Waals surface area (Å²) in [4.78, 5) is 7.95. The van der Waals surface area contributed by atoms with Crippen LogP contribution in [-0.4, -0.2) is 9.97 Å². The van der Waals surface area contributed by atoms with Gasteiger partial charge in [0, 0.05) is 33.6 Å².